The van der Waals surface area contributed by atoms with Crippen molar-refractivity contribution in [1.82, 2.24) is 0 Å². The minimum Gasteiger partial charge on any atom is -0.459 e. The van der Waals surface area contributed by atoms with Crippen LogP contribution in [0.2, 0.25) is 0 Å². The molecular formula is C20H26O6. The van der Waals surface area contributed by atoms with Crippen molar-refractivity contribution in [2.75, 3.05) is 0 Å². The van der Waals surface area contributed by atoms with Crippen LogP contribution in [-0.2, 0) is 23.8 Å². The van der Waals surface area contributed by atoms with E-state index in [9.17, 15) is 14.7 Å². The topological polar surface area (TPSA) is 85.4 Å². The highest BCUT2D eigenvalue weighted by molar-refractivity contribution is 5.91. The third-order valence-corrected chi connectivity index (χ3v) is 7.09. The monoisotopic (exact) mass is 362 g/mol. The standard InChI is InChI=1S/C20H26O6/c1-9-6-7-13(21)19(4)8-12(24-18(23)20(5)11(3)26-20)14-10(2)17(22)25-16(14)15(9)19/h11-16,21H,1-2,6-8H2,3-5H3/t11-,12-,13-,14-,15-,16+,19+,20-/m1/s1. The molecule has 2 heterocycles. The first kappa shape index (κ1) is 17.7. The van der Waals surface area contributed by atoms with E-state index >= 15 is 0 Å². The smallest absolute Gasteiger partial charge is 0.341 e. The Balaban J connectivity index is 1.68. The van der Waals surface area contributed by atoms with Crippen molar-refractivity contribution in [3.63, 3.8) is 0 Å². The molecule has 1 N–H and O–H groups in total. The van der Waals surface area contributed by atoms with Gasteiger partial charge < -0.3 is 19.3 Å². The molecule has 2 aliphatic carbocycles. The molecule has 0 bridgehead atoms. The lowest BCUT2D eigenvalue weighted by atomic mass is 9.53. The molecule has 0 spiro atoms. The molecule has 0 unspecified atom stereocenters. The van der Waals surface area contributed by atoms with Crippen molar-refractivity contribution in [2.24, 2.45) is 17.3 Å². The summed E-state index contributed by atoms with van der Waals surface area (Å²) in [5.74, 6) is -1.47. The average molecular weight is 362 g/mol. The molecule has 6 nitrogen and oxygen atoms in total. The van der Waals surface area contributed by atoms with Crippen molar-refractivity contribution in [2.45, 2.75) is 70.1 Å². The number of hydrogen-bond donors (Lipinski definition) is 1. The Labute approximate surface area is 153 Å². The number of aliphatic hydroxyl groups is 1. The fourth-order valence-corrected chi connectivity index (χ4v) is 5.15. The molecule has 26 heavy (non-hydrogen) atoms. The lowest BCUT2D eigenvalue weighted by Crippen LogP contribution is -2.58. The van der Waals surface area contributed by atoms with E-state index in [0.29, 0.717) is 24.8 Å². The number of ether oxygens (including phenoxy) is 3. The zero-order valence-electron chi connectivity index (χ0n) is 15.5. The van der Waals surface area contributed by atoms with Crippen molar-refractivity contribution < 1.29 is 28.9 Å². The number of fused-ring (bicyclic) bond motifs is 3. The van der Waals surface area contributed by atoms with Crippen LogP contribution in [0.5, 0.6) is 0 Å². The summed E-state index contributed by atoms with van der Waals surface area (Å²) in [6, 6.07) is 0. The molecule has 2 saturated heterocycles. The summed E-state index contributed by atoms with van der Waals surface area (Å²) in [6.07, 6.45) is -0.105. The molecule has 6 heteroatoms. The Morgan fingerprint density at radius 2 is 2.00 bits per heavy atom. The predicted octanol–water partition coefficient (Wildman–Crippen LogP) is 1.91. The molecule has 8 atom stereocenters. The number of carbonyl (C=O) groups excluding carboxylic acids is 2. The maximum Gasteiger partial charge on any atom is 0.341 e. The van der Waals surface area contributed by atoms with Gasteiger partial charge in [-0.1, -0.05) is 25.7 Å². The first-order valence-corrected chi connectivity index (χ1v) is 9.24. The molecule has 4 fully saturated rings. The van der Waals surface area contributed by atoms with E-state index in [4.69, 9.17) is 14.2 Å². The second-order valence-electron chi connectivity index (χ2n) is 8.63. The molecule has 0 aromatic heterocycles. The van der Waals surface area contributed by atoms with Gasteiger partial charge in [0.2, 0.25) is 0 Å². The maximum absolute atomic E-state index is 12.6. The Hall–Kier alpha value is -1.66. The minimum absolute atomic E-state index is 0.166. The van der Waals surface area contributed by atoms with Gasteiger partial charge in [-0.2, -0.15) is 0 Å². The average Bonchev–Trinajstić information content (AvgIpc) is 3.07. The fourth-order valence-electron chi connectivity index (χ4n) is 5.15. The molecule has 0 radical (unpaired) electrons. The van der Waals surface area contributed by atoms with Crippen molar-refractivity contribution in [3.8, 4) is 0 Å². The fraction of sp³-hybridized carbons (Fsp3) is 0.700. The predicted molar refractivity (Wildman–Crippen MR) is 91.9 cm³/mol. The van der Waals surface area contributed by atoms with Crippen LogP contribution in [0.15, 0.2) is 24.3 Å². The minimum atomic E-state index is -0.938. The number of hydrogen-bond acceptors (Lipinski definition) is 6. The van der Waals surface area contributed by atoms with Gasteiger partial charge in [-0.3, -0.25) is 0 Å². The Kier molecular flexibility index (Phi) is 3.70. The van der Waals surface area contributed by atoms with Crippen LogP contribution in [0.25, 0.3) is 0 Å². The Bertz CT molecular complexity index is 713. The van der Waals surface area contributed by atoms with Gasteiger partial charge in [-0.05, 0) is 33.1 Å². The van der Waals surface area contributed by atoms with Crippen LogP contribution < -0.4 is 0 Å². The number of rotatable bonds is 2. The normalized spacial score (nSPS) is 49.9. The van der Waals surface area contributed by atoms with Gasteiger partial charge in [-0.15, -0.1) is 0 Å². The van der Waals surface area contributed by atoms with E-state index in [1.807, 2.05) is 13.8 Å². The number of epoxide rings is 1. The van der Waals surface area contributed by atoms with Crippen LogP contribution >= 0.6 is 0 Å². The summed E-state index contributed by atoms with van der Waals surface area (Å²) in [6.45, 7) is 13.5. The zero-order chi connectivity index (χ0) is 19.0. The van der Waals surface area contributed by atoms with Crippen LogP contribution in [-0.4, -0.2) is 47.1 Å². The molecule has 4 rings (SSSR count). The van der Waals surface area contributed by atoms with Gasteiger partial charge in [0.15, 0.2) is 5.60 Å². The van der Waals surface area contributed by atoms with E-state index < -0.39 is 47.2 Å². The third kappa shape index (κ3) is 2.24. The summed E-state index contributed by atoms with van der Waals surface area (Å²) < 4.78 is 16.8. The van der Waals surface area contributed by atoms with Gasteiger partial charge in [0, 0.05) is 16.9 Å². The van der Waals surface area contributed by atoms with Crippen LogP contribution in [0.3, 0.4) is 0 Å². The summed E-state index contributed by atoms with van der Waals surface area (Å²) in [4.78, 5) is 24.8. The maximum atomic E-state index is 12.6. The van der Waals surface area contributed by atoms with Crippen LogP contribution in [0.1, 0.15) is 40.0 Å². The molecule has 2 aliphatic heterocycles. The van der Waals surface area contributed by atoms with Gasteiger partial charge in [0.1, 0.15) is 12.2 Å². The lowest BCUT2D eigenvalue weighted by Gasteiger charge is -2.54. The molecule has 2 saturated carbocycles. The largest absolute Gasteiger partial charge is 0.459 e. The second-order valence-corrected chi connectivity index (χ2v) is 8.63. The van der Waals surface area contributed by atoms with E-state index in [2.05, 4.69) is 13.2 Å². The van der Waals surface area contributed by atoms with E-state index in [1.54, 1.807) is 6.92 Å². The molecular weight excluding hydrogens is 336 g/mol. The molecule has 0 amide bonds. The second kappa shape index (κ2) is 5.42. The Morgan fingerprint density at radius 1 is 1.35 bits per heavy atom. The van der Waals surface area contributed by atoms with Crippen LogP contribution in [0.4, 0.5) is 0 Å². The highest BCUT2D eigenvalue weighted by Gasteiger charge is 2.64. The highest BCUT2D eigenvalue weighted by Crippen LogP contribution is 2.58. The summed E-state index contributed by atoms with van der Waals surface area (Å²) in [5, 5.41) is 10.7. The molecule has 0 aromatic carbocycles. The van der Waals surface area contributed by atoms with Gasteiger partial charge in [0.25, 0.3) is 0 Å². The SMILES string of the molecule is C=C1C(=O)O[C@H]2[C@H]1[C@H](OC(=O)[C@]1(C)O[C@@H]1C)C[C@@]1(C)[C@H](O)CCC(=C)[C@H]21. The first-order chi connectivity index (χ1) is 12.1. The lowest BCUT2D eigenvalue weighted by molar-refractivity contribution is -0.181. The van der Waals surface area contributed by atoms with Crippen molar-refractivity contribution in [3.05, 3.63) is 24.3 Å². The molecule has 0 aromatic rings. The van der Waals surface area contributed by atoms with Crippen LogP contribution in [0, 0.1) is 17.3 Å². The summed E-state index contributed by atoms with van der Waals surface area (Å²) >= 11 is 0. The number of esters is 2. The van der Waals surface area contributed by atoms with E-state index in [0.717, 1.165) is 5.57 Å². The van der Waals surface area contributed by atoms with E-state index in [1.165, 1.54) is 0 Å². The zero-order valence-corrected chi connectivity index (χ0v) is 15.5. The number of carbonyl (C=O) groups is 2. The third-order valence-electron chi connectivity index (χ3n) is 7.09. The van der Waals surface area contributed by atoms with Crippen molar-refractivity contribution in [1.29, 1.82) is 0 Å². The highest BCUT2D eigenvalue weighted by atomic mass is 16.7. The van der Waals surface area contributed by atoms with E-state index in [-0.39, 0.29) is 12.0 Å². The van der Waals surface area contributed by atoms with Gasteiger partial charge >= 0.3 is 11.9 Å². The summed E-state index contributed by atoms with van der Waals surface area (Å²) in [7, 11) is 0. The molecule has 4 aliphatic rings. The number of aliphatic hydroxyl groups excluding tert-OH is 1. The van der Waals surface area contributed by atoms with Crippen molar-refractivity contribution >= 4 is 11.9 Å². The van der Waals surface area contributed by atoms with Gasteiger partial charge in [0.05, 0.1) is 18.1 Å². The quantitative estimate of drug-likeness (QED) is 0.350. The Morgan fingerprint density at radius 3 is 2.62 bits per heavy atom. The van der Waals surface area contributed by atoms with Gasteiger partial charge in [-0.25, -0.2) is 9.59 Å². The summed E-state index contributed by atoms with van der Waals surface area (Å²) in [5.41, 5.74) is -0.195. The molecule has 142 valence electrons. The first-order valence-electron chi connectivity index (χ1n) is 9.24.